The summed E-state index contributed by atoms with van der Waals surface area (Å²) >= 11 is 0. The third-order valence-corrected chi connectivity index (χ3v) is 1.79. The third kappa shape index (κ3) is 2.20. The Hall–Kier alpha value is -1.54. The number of hydrogen-bond donors (Lipinski definition) is 1. The Morgan fingerprint density at radius 3 is 2.77 bits per heavy atom. The normalized spacial score (nSPS) is 18.6. The Balaban J connectivity index is 2.20. The lowest BCUT2D eigenvalue weighted by Gasteiger charge is -2.10. The first kappa shape index (κ1) is 8.08. The van der Waals surface area contributed by atoms with E-state index in [1.165, 1.54) is 5.56 Å². The van der Waals surface area contributed by atoms with Crippen LogP contribution in [0.3, 0.4) is 0 Å². The Morgan fingerprint density at radius 2 is 2.08 bits per heavy atom. The van der Waals surface area contributed by atoms with E-state index in [0.29, 0.717) is 6.61 Å². The van der Waals surface area contributed by atoms with Crippen LogP contribution in [0.5, 0.6) is 0 Å². The zero-order chi connectivity index (χ0) is 8.93. The minimum absolute atomic E-state index is 0.631. The molecule has 2 rings (SSSR count). The third-order valence-electron chi connectivity index (χ3n) is 1.79. The fourth-order valence-corrected chi connectivity index (χ4v) is 1.19. The van der Waals surface area contributed by atoms with Gasteiger partial charge in [0.05, 0.1) is 12.3 Å². The van der Waals surface area contributed by atoms with Crippen molar-refractivity contribution in [2.75, 3.05) is 6.61 Å². The van der Waals surface area contributed by atoms with E-state index < -0.39 is 0 Å². The molecular weight excluding hydrogens is 162 g/mol. The molecule has 0 unspecified atom stereocenters. The Kier molecular flexibility index (Phi) is 2.43. The number of nitrogens with one attached hydrogen (secondary N) is 1. The lowest BCUT2D eigenvalue weighted by molar-refractivity contribution is 0.0832. The molecule has 0 spiro atoms. The van der Waals surface area contributed by atoms with Gasteiger partial charge in [0.2, 0.25) is 0 Å². The van der Waals surface area contributed by atoms with E-state index in [0.717, 1.165) is 5.70 Å². The summed E-state index contributed by atoms with van der Waals surface area (Å²) in [7, 11) is 0. The summed E-state index contributed by atoms with van der Waals surface area (Å²) in [6.45, 7) is 0.631. The van der Waals surface area contributed by atoms with E-state index in [4.69, 9.17) is 4.84 Å². The predicted molar refractivity (Wildman–Crippen MR) is 52.6 cm³/mol. The van der Waals surface area contributed by atoms with Crippen LogP contribution < -0.4 is 5.48 Å². The Morgan fingerprint density at radius 1 is 1.23 bits per heavy atom. The molecule has 1 aromatic rings. The van der Waals surface area contributed by atoms with Crippen molar-refractivity contribution >= 4 is 6.08 Å². The molecule has 0 aliphatic carbocycles. The second-order valence-corrected chi connectivity index (χ2v) is 2.83. The monoisotopic (exact) mass is 173 g/mol. The first-order valence-corrected chi connectivity index (χ1v) is 4.26. The molecule has 0 saturated carbocycles. The molecular formula is C11H11NO. The first-order valence-electron chi connectivity index (χ1n) is 4.26. The van der Waals surface area contributed by atoms with Crippen LogP contribution in [-0.4, -0.2) is 6.61 Å². The average molecular weight is 173 g/mol. The van der Waals surface area contributed by atoms with Gasteiger partial charge in [-0.3, -0.25) is 10.3 Å². The standard InChI is InChI=1S/C11H11NO/c1-2-5-10(6-3-1)9-11-7-4-8-13-12-11/h1-7,9,12H,8H2. The molecule has 1 aliphatic rings. The van der Waals surface area contributed by atoms with Crippen molar-refractivity contribution in [1.82, 2.24) is 5.48 Å². The lowest BCUT2D eigenvalue weighted by Crippen LogP contribution is -2.16. The number of benzene rings is 1. The van der Waals surface area contributed by atoms with E-state index in [9.17, 15) is 0 Å². The Bertz CT molecular complexity index is 327. The molecule has 2 heteroatoms. The fourth-order valence-electron chi connectivity index (χ4n) is 1.19. The number of hydrogen-bond acceptors (Lipinski definition) is 2. The summed E-state index contributed by atoms with van der Waals surface area (Å²) in [5, 5.41) is 0. The molecule has 2 nitrogen and oxygen atoms in total. The minimum Gasteiger partial charge on any atom is -0.272 e. The molecule has 0 aromatic heterocycles. The van der Waals surface area contributed by atoms with Crippen molar-refractivity contribution in [3.63, 3.8) is 0 Å². The van der Waals surface area contributed by atoms with E-state index in [2.05, 4.69) is 17.6 Å². The molecule has 0 fully saturated rings. The van der Waals surface area contributed by atoms with E-state index in [1.807, 2.05) is 36.4 Å². The molecule has 0 bridgehead atoms. The highest BCUT2D eigenvalue weighted by Gasteiger charge is 1.96. The highest BCUT2D eigenvalue weighted by Crippen LogP contribution is 2.07. The predicted octanol–water partition coefficient (Wildman–Crippen LogP) is 2.12. The van der Waals surface area contributed by atoms with Gasteiger partial charge < -0.3 is 0 Å². The summed E-state index contributed by atoms with van der Waals surface area (Å²) in [6.07, 6.45) is 6.03. The maximum Gasteiger partial charge on any atom is 0.0931 e. The second kappa shape index (κ2) is 3.92. The van der Waals surface area contributed by atoms with Gasteiger partial charge in [-0.1, -0.05) is 36.4 Å². The Labute approximate surface area is 77.5 Å². The van der Waals surface area contributed by atoms with Crippen LogP contribution in [0.25, 0.3) is 6.08 Å². The average Bonchev–Trinajstić information content (AvgIpc) is 2.21. The summed E-state index contributed by atoms with van der Waals surface area (Å²) in [6, 6.07) is 10.1. The van der Waals surface area contributed by atoms with Crippen molar-refractivity contribution < 1.29 is 4.84 Å². The zero-order valence-corrected chi connectivity index (χ0v) is 7.23. The van der Waals surface area contributed by atoms with Crippen molar-refractivity contribution in [3.05, 3.63) is 53.7 Å². The quantitative estimate of drug-likeness (QED) is 0.702. The summed E-state index contributed by atoms with van der Waals surface area (Å²) in [4.78, 5) is 5.05. The molecule has 1 heterocycles. The van der Waals surface area contributed by atoms with Crippen molar-refractivity contribution in [1.29, 1.82) is 0 Å². The molecule has 66 valence electrons. The molecule has 0 atom stereocenters. The smallest absolute Gasteiger partial charge is 0.0931 e. The largest absolute Gasteiger partial charge is 0.272 e. The highest BCUT2D eigenvalue weighted by molar-refractivity contribution is 5.54. The van der Waals surface area contributed by atoms with E-state index in [-0.39, 0.29) is 0 Å². The highest BCUT2D eigenvalue weighted by atomic mass is 16.6. The van der Waals surface area contributed by atoms with Crippen LogP contribution in [-0.2, 0) is 4.84 Å². The van der Waals surface area contributed by atoms with Gasteiger partial charge in [-0.2, -0.15) is 0 Å². The van der Waals surface area contributed by atoms with Crippen LogP contribution in [0, 0.1) is 0 Å². The van der Waals surface area contributed by atoms with Crippen molar-refractivity contribution in [2.45, 2.75) is 0 Å². The molecule has 0 radical (unpaired) electrons. The maximum absolute atomic E-state index is 5.05. The van der Waals surface area contributed by atoms with Gasteiger partial charge in [-0.25, -0.2) is 0 Å². The summed E-state index contributed by atoms with van der Waals surface area (Å²) in [5.74, 6) is 0. The van der Waals surface area contributed by atoms with Crippen LogP contribution >= 0.6 is 0 Å². The van der Waals surface area contributed by atoms with Gasteiger partial charge in [0.25, 0.3) is 0 Å². The van der Waals surface area contributed by atoms with Gasteiger partial charge in [0, 0.05) is 0 Å². The van der Waals surface area contributed by atoms with Gasteiger partial charge >= 0.3 is 0 Å². The molecule has 1 aromatic carbocycles. The maximum atomic E-state index is 5.05. The molecule has 1 aliphatic heterocycles. The lowest BCUT2D eigenvalue weighted by atomic mass is 10.2. The minimum atomic E-state index is 0.631. The van der Waals surface area contributed by atoms with Crippen molar-refractivity contribution in [3.8, 4) is 0 Å². The first-order chi connectivity index (χ1) is 6.45. The van der Waals surface area contributed by atoms with E-state index in [1.54, 1.807) is 0 Å². The van der Waals surface area contributed by atoms with Gasteiger partial charge in [-0.05, 0) is 17.7 Å². The number of rotatable bonds is 1. The van der Waals surface area contributed by atoms with Crippen LogP contribution in [0.15, 0.2) is 48.2 Å². The molecule has 1 N–H and O–H groups in total. The molecule has 13 heavy (non-hydrogen) atoms. The van der Waals surface area contributed by atoms with Crippen molar-refractivity contribution in [2.24, 2.45) is 0 Å². The number of allylic oxidation sites excluding steroid dienone is 1. The van der Waals surface area contributed by atoms with Crippen LogP contribution in [0.2, 0.25) is 0 Å². The van der Waals surface area contributed by atoms with Gasteiger partial charge in [0.15, 0.2) is 0 Å². The van der Waals surface area contributed by atoms with Crippen LogP contribution in [0.4, 0.5) is 0 Å². The molecule has 0 saturated heterocycles. The van der Waals surface area contributed by atoms with Gasteiger partial charge in [0.1, 0.15) is 0 Å². The van der Waals surface area contributed by atoms with Crippen LogP contribution in [0.1, 0.15) is 5.56 Å². The SMILES string of the molecule is C1=CC(=Cc2ccccc2)NOC1. The molecule has 0 amide bonds. The van der Waals surface area contributed by atoms with Gasteiger partial charge in [-0.15, -0.1) is 0 Å². The summed E-state index contributed by atoms with van der Waals surface area (Å²) < 4.78 is 0. The number of hydroxylamine groups is 1. The zero-order valence-electron chi connectivity index (χ0n) is 7.23. The second-order valence-electron chi connectivity index (χ2n) is 2.83. The fraction of sp³-hybridized carbons (Fsp3) is 0.0909. The summed E-state index contributed by atoms with van der Waals surface area (Å²) in [5.41, 5.74) is 4.99. The van der Waals surface area contributed by atoms with E-state index >= 15 is 0 Å². The topological polar surface area (TPSA) is 21.3 Å².